The van der Waals surface area contributed by atoms with Crippen molar-refractivity contribution in [3.05, 3.63) is 39.2 Å². The summed E-state index contributed by atoms with van der Waals surface area (Å²) in [5.74, 6) is 0.263. The first kappa shape index (κ1) is 17.0. The van der Waals surface area contributed by atoms with Crippen LogP contribution in [0.1, 0.15) is 56.2 Å². The number of aromatic hydroxyl groups is 1. The smallest absolute Gasteiger partial charge is 0.336 e. The Kier molecular flexibility index (Phi) is 4.95. The summed E-state index contributed by atoms with van der Waals surface area (Å²) in [6.07, 6.45) is 5.66. The largest absolute Gasteiger partial charge is 0.507 e. The molecule has 0 bridgehead atoms. The zero-order valence-electron chi connectivity index (χ0n) is 14.9. The normalized spacial score (nSPS) is 19.0. The zero-order valence-corrected chi connectivity index (χ0v) is 14.9. The summed E-state index contributed by atoms with van der Waals surface area (Å²) in [5.41, 5.74) is 2.75. The fourth-order valence-electron chi connectivity index (χ4n) is 3.94. The minimum Gasteiger partial charge on any atom is -0.507 e. The molecule has 0 amide bonds. The highest BCUT2D eigenvalue weighted by Crippen LogP contribution is 2.34. The van der Waals surface area contributed by atoms with E-state index in [4.69, 9.17) is 4.42 Å². The maximum absolute atomic E-state index is 11.8. The van der Waals surface area contributed by atoms with Crippen LogP contribution in [0.25, 0.3) is 11.0 Å². The number of aryl methyl sites for hydroxylation is 2. The first-order valence-corrected chi connectivity index (χ1v) is 9.07. The van der Waals surface area contributed by atoms with Crippen LogP contribution in [-0.2, 0) is 13.0 Å². The molecule has 2 heterocycles. The Hall–Kier alpha value is -1.81. The van der Waals surface area contributed by atoms with Crippen LogP contribution in [0.15, 0.2) is 21.3 Å². The van der Waals surface area contributed by atoms with E-state index in [0.29, 0.717) is 17.2 Å². The van der Waals surface area contributed by atoms with E-state index in [9.17, 15) is 9.90 Å². The summed E-state index contributed by atoms with van der Waals surface area (Å²) in [6, 6.07) is 4.17. The van der Waals surface area contributed by atoms with Crippen molar-refractivity contribution in [2.75, 3.05) is 6.54 Å². The van der Waals surface area contributed by atoms with E-state index >= 15 is 0 Å². The second-order valence-corrected chi connectivity index (χ2v) is 6.86. The number of hydrogen-bond acceptors (Lipinski definition) is 4. The number of hydrogen-bond donors (Lipinski definition) is 1. The number of fused-ring (bicyclic) bond motifs is 1. The highest BCUT2D eigenvalue weighted by molar-refractivity contribution is 5.86. The predicted octanol–water partition coefficient (Wildman–Crippen LogP) is 4.13. The van der Waals surface area contributed by atoms with E-state index in [-0.39, 0.29) is 11.4 Å². The molecule has 1 atom stereocenters. The number of benzene rings is 1. The molecular formula is C20H27NO3. The maximum Gasteiger partial charge on any atom is 0.336 e. The van der Waals surface area contributed by atoms with Gasteiger partial charge in [0.2, 0.25) is 0 Å². The molecule has 2 aromatic rings. The second kappa shape index (κ2) is 6.98. The number of piperidine rings is 1. The Bertz CT molecular complexity index is 794. The van der Waals surface area contributed by atoms with Gasteiger partial charge in [-0.1, -0.05) is 20.3 Å². The first-order valence-electron chi connectivity index (χ1n) is 9.07. The van der Waals surface area contributed by atoms with Gasteiger partial charge in [-0.25, -0.2) is 4.79 Å². The van der Waals surface area contributed by atoms with Gasteiger partial charge in [-0.15, -0.1) is 0 Å². The van der Waals surface area contributed by atoms with Crippen molar-refractivity contribution < 1.29 is 9.52 Å². The Balaban J connectivity index is 2.06. The number of rotatable bonds is 4. The van der Waals surface area contributed by atoms with Crippen LogP contribution in [0.2, 0.25) is 0 Å². The third-order valence-electron chi connectivity index (χ3n) is 5.38. The van der Waals surface area contributed by atoms with Crippen LogP contribution < -0.4 is 5.63 Å². The SMILES string of the molecule is CCc1cc(=O)oc2c(C)c(O)c(CN3CCCC[C@@H]3CC)cc12. The molecule has 0 radical (unpaired) electrons. The minimum atomic E-state index is -0.350. The third-order valence-corrected chi connectivity index (χ3v) is 5.38. The molecule has 1 fully saturated rings. The van der Waals surface area contributed by atoms with Crippen molar-refractivity contribution in [3.63, 3.8) is 0 Å². The topological polar surface area (TPSA) is 53.7 Å². The number of nitrogens with zero attached hydrogens (tertiary/aromatic N) is 1. The van der Waals surface area contributed by atoms with Crippen LogP contribution in [-0.4, -0.2) is 22.6 Å². The monoisotopic (exact) mass is 329 g/mol. The van der Waals surface area contributed by atoms with Gasteiger partial charge >= 0.3 is 5.63 Å². The van der Waals surface area contributed by atoms with Gasteiger partial charge in [0.1, 0.15) is 11.3 Å². The first-order chi connectivity index (χ1) is 11.5. The Morgan fingerprint density at radius 1 is 1.25 bits per heavy atom. The molecule has 0 spiro atoms. The lowest BCUT2D eigenvalue weighted by molar-refractivity contribution is 0.135. The lowest BCUT2D eigenvalue weighted by atomic mass is 9.97. The molecule has 1 N–H and O–H groups in total. The fraction of sp³-hybridized carbons (Fsp3) is 0.550. The van der Waals surface area contributed by atoms with Crippen molar-refractivity contribution in [3.8, 4) is 5.75 Å². The average molecular weight is 329 g/mol. The van der Waals surface area contributed by atoms with Gasteiger partial charge < -0.3 is 9.52 Å². The molecule has 0 unspecified atom stereocenters. The van der Waals surface area contributed by atoms with Gasteiger partial charge in [0.25, 0.3) is 0 Å². The summed E-state index contributed by atoms with van der Waals surface area (Å²) in [5, 5.41) is 11.6. The van der Waals surface area contributed by atoms with Gasteiger partial charge in [0.15, 0.2) is 0 Å². The highest BCUT2D eigenvalue weighted by atomic mass is 16.4. The molecule has 4 heteroatoms. The molecule has 4 nitrogen and oxygen atoms in total. The molecule has 130 valence electrons. The Labute approximate surface area is 143 Å². The molecule has 1 aromatic heterocycles. The molecule has 1 aromatic carbocycles. The molecule has 0 aliphatic carbocycles. The summed E-state index contributed by atoms with van der Waals surface area (Å²) < 4.78 is 5.37. The van der Waals surface area contributed by atoms with Gasteiger partial charge in [0.05, 0.1) is 0 Å². The van der Waals surface area contributed by atoms with Crippen molar-refractivity contribution >= 4 is 11.0 Å². The molecule has 1 aliphatic rings. The fourth-order valence-corrected chi connectivity index (χ4v) is 3.94. The average Bonchev–Trinajstić information content (AvgIpc) is 2.60. The van der Waals surface area contributed by atoms with Crippen molar-refractivity contribution in [2.45, 2.75) is 65.5 Å². The van der Waals surface area contributed by atoms with E-state index in [1.165, 1.54) is 19.3 Å². The molecule has 0 saturated carbocycles. The molecular weight excluding hydrogens is 302 g/mol. The van der Waals surface area contributed by atoms with Crippen LogP contribution in [0.3, 0.4) is 0 Å². The predicted molar refractivity (Wildman–Crippen MR) is 96.6 cm³/mol. The van der Waals surface area contributed by atoms with Crippen LogP contribution in [0.4, 0.5) is 0 Å². The van der Waals surface area contributed by atoms with Crippen LogP contribution in [0.5, 0.6) is 5.75 Å². The van der Waals surface area contributed by atoms with Crippen molar-refractivity contribution in [2.24, 2.45) is 0 Å². The number of likely N-dealkylation sites (tertiary alicyclic amines) is 1. The molecule has 1 aliphatic heterocycles. The van der Waals surface area contributed by atoms with Gasteiger partial charge in [-0.3, -0.25) is 4.90 Å². The summed E-state index contributed by atoms with van der Waals surface area (Å²) in [6.45, 7) is 7.94. The molecule has 3 rings (SSSR count). The number of phenolic OH excluding ortho intramolecular Hbond substituents is 1. The zero-order chi connectivity index (χ0) is 17.3. The summed E-state index contributed by atoms with van der Waals surface area (Å²) in [4.78, 5) is 14.2. The quantitative estimate of drug-likeness (QED) is 0.857. The van der Waals surface area contributed by atoms with Crippen LogP contribution in [0, 0.1) is 6.92 Å². The van der Waals surface area contributed by atoms with Gasteiger partial charge in [0, 0.05) is 35.2 Å². The van der Waals surface area contributed by atoms with E-state index < -0.39 is 0 Å². The van der Waals surface area contributed by atoms with E-state index in [2.05, 4.69) is 11.8 Å². The third kappa shape index (κ3) is 3.07. The lowest BCUT2D eigenvalue weighted by Gasteiger charge is -2.35. The minimum absolute atomic E-state index is 0.263. The van der Waals surface area contributed by atoms with E-state index in [0.717, 1.165) is 42.4 Å². The van der Waals surface area contributed by atoms with Crippen molar-refractivity contribution in [1.29, 1.82) is 0 Å². The van der Waals surface area contributed by atoms with Gasteiger partial charge in [-0.2, -0.15) is 0 Å². The summed E-state index contributed by atoms with van der Waals surface area (Å²) >= 11 is 0. The van der Waals surface area contributed by atoms with E-state index in [1.54, 1.807) is 6.07 Å². The molecule has 1 saturated heterocycles. The maximum atomic E-state index is 11.8. The standard InChI is InChI=1S/C20H27NO3/c1-4-14-11-18(22)24-20-13(3)19(23)15(10-17(14)20)12-21-9-7-6-8-16(21)5-2/h10-11,16,23H,4-9,12H2,1-3H3/t16-/m0/s1. The van der Waals surface area contributed by atoms with Gasteiger partial charge in [-0.05, 0) is 50.8 Å². The molecule has 24 heavy (non-hydrogen) atoms. The summed E-state index contributed by atoms with van der Waals surface area (Å²) in [7, 11) is 0. The highest BCUT2D eigenvalue weighted by Gasteiger charge is 2.23. The number of phenols is 1. The van der Waals surface area contributed by atoms with Crippen molar-refractivity contribution in [1.82, 2.24) is 4.90 Å². The van der Waals surface area contributed by atoms with Crippen LogP contribution >= 0.6 is 0 Å². The van der Waals surface area contributed by atoms with E-state index in [1.807, 2.05) is 19.9 Å². The lowest BCUT2D eigenvalue weighted by Crippen LogP contribution is -2.38. The Morgan fingerprint density at radius 2 is 2.04 bits per heavy atom. The second-order valence-electron chi connectivity index (χ2n) is 6.86. The Morgan fingerprint density at radius 3 is 2.75 bits per heavy atom.